The van der Waals surface area contributed by atoms with Gasteiger partial charge in [0.25, 0.3) is 0 Å². The highest BCUT2D eigenvalue weighted by Crippen LogP contribution is 2.24. The molecule has 0 spiro atoms. The van der Waals surface area contributed by atoms with E-state index in [0.717, 1.165) is 17.7 Å². The number of para-hydroxylation sites is 1. The molecular formula is C18H20N2O. The molecule has 2 aromatic rings. The first-order valence-corrected chi connectivity index (χ1v) is 7.37. The first-order chi connectivity index (χ1) is 10.2. The van der Waals surface area contributed by atoms with Crippen LogP contribution in [-0.2, 0) is 17.8 Å². The van der Waals surface area contributed by atoms with E-state index in [4.69, 9.17) is 0 Å². The molecule has 2 N–H and O–H groups in total. The fourth-order valence-electron chi connectivity index (χ4n) is 2.78. The number of aryl methyl sites for hydroxylation is 1. The van der Waals surface area contributed by atoms with Gasteiger partial charge in [0, 0.05) is 18.8 Å². The Hall–Kier alpha value is -2.29. The lowest BCUT2D eigenvalue weighted by molar-refractivity contribution is -0.124. The van der Waals surface area contributed by atoms with Crippen LogP contribution in [0.25, 0.3) is 0 Å². The summed E-state index contributed by atoms with van der Waals surface area (Å²) in [7, 11) is 0. The van der Waals surface area contributed by atoms with E-state index in [2.05, 4.69) is 41.8 Å². The zero-order chi connectivity index (χ0) is 14.7. The average Bonchev–Trinajstić information content (AvgIpc) is 2.52. The Kier molecular flexibility index (Phi) is 3.91. The van der Waals surface area contributed by atoms with E-state index in [1.807, 2.05) is 24.3 Å². The molecule has 1 atom stereocenters. The van der Waals surface area contributed by atoms with Crippen molar-refractivity contribution in [2.24, 2.45) is 5.92 Å². The van der Waals surface area contributed by atoms with Crippen molar-refractivity contribution in [2.75, 3.05) is 11.9 Å². The Morgan fingerprint density at radius 2 is 2.10 bits per heavy atom. The van der Waals surface area contributed by atoms with Crippen molar-refractivity contribution >= 4 is 11.6 Å². The minimum Gasteiger partial charge on any atom is -0.384 e. The summed E-state index contributed by atoms with van der Waals surface area (Å²) in [6, 6.07) is 16.4. The van der Waals surface area contributed by atoms with E-state index in [1.54, 1.807) is 0 Å². The molecule has 3 nitrogen and oxygen atoms in total. The number of nitrogens with one attached hydrogen (secondary N) is 2. The molecule has 21 heavy (non-hydrogen) atoms. The fourth-order valence-corrected chi connectivity index (χ4v) is 2.78. The summed E-state index contributed by atoms with van der Waals surface area (Å²) in [5, 5.41) is 6.39. The molecule has 1 aliphatic heterocycles. The second kappa shape index (κ2) is 6.00. The zero-order valence-electron chi connectivity index (χ0n) is 12.2. The molecule has 0 fully saturated rings. The highest BCUT2D eigenvalue weighted by Gasteiger charge is 2.23. The molecule has 1 unspecified atom stereocenters. The maximum absolute atomic E-state index is 12.3. The van der Waals surface area contributed by atoms with E-state index in [-0.39, 0.29) is 11.8 Å². The van der Waals surface area contributed by atoms with Gasteiger partial charge in [0.2, 0.25) is 5.91 Å². The van der Waals surface area contributed by atoms with Crippen LogP contribution in [0.1, 0.15) is 16.7 Å². The van der Waals surface area contributed by atoms with Crippen LogP contribution in [0.3, 0.4) is 0 Å². The summed E-state index contributed by atoms with van der Waals surface area (Å²) in [4.78, 5) is 12.3. The molecule has 1 heterocycles. The Morgan fingerprint density at radius 1 is 1.24 bits per heavy atom. The monoisotopic (exact) mass is 280 g/mol. The molecule has 0 bridgehead atoms. The van der Waals surface area contributed by atoms with Crippen LogP contribution in [0.2, 0.25) is 0 Å². The summed E-state index contributed by atoms with van der Waals surface area (Å²) in [5.41, 5.74) is 4.74. The molecule has 3 heteroatoms. The number of hydrogen-bond donors (Lipinski definition) is 2. The van der Waals surface area contributed by atoms with E-state index in [1.165, 1.54) is 11.1 Å². The van der Waals surface area contributed by atoms with Crippen LogP contribution in [0, 0.1) is 12.8 Å². The topological polar surface area (TPSA) is 41.1 Å². The summed E-state index contributed by atoms with van der Waals surface area (Å²) < 4.78 is 0. The SMILES string of the molecule is Cc1cccc(CNC(=O)C2CNc3ccccc3C2)c1. The summed E-state index contributed by atoms with van der Waals surface area (Å²) >= 11 is 0. The lowest BCUT2D eigenvalue weighted by atomic mass is 9.93. The molecule has 0 aromatic heterocycles. The Balaban J connectivity index is 1.59. The summed E-state index contributed by atoms with van der Waals surface area (Å²) in [5.74, 6) is 0.128. The lowest BCUT2D eigenvalue weighted by Crippen LogP contribution is -2.37. The van der Waals surface area contributed by atoms with Crippen LogP contribution < -0.4 is 10.6 Å². The van der Waals surface area contributed by atoms with Crippen LogP contribution in [0.15, 0.2) is 48.5 Å². The van der Waals surface area contributed by atoms with Gasteiger partial charge < -0.3 is 10.6 Å². The molecule has 0 saturated carbocycles. The highest BCUT2D eigenvalue weighted by atomic mass is 16.1. The smallest absolute Gasteiger partial charge is 0.225 e. The van der Waals surface area contributed by atoms with Gasteiger partial charge in [0.15, 0.2) is 0 Å². The van der Waals surface area contributed by atoms with E-state index < -0.39 is 0 Å². The largest absolute Gasteiger partial charge is 0.384 e. The maximum Gasteiger partial charge on any atom is 0.225 e. The Morgan fingerprint density at radius 3 is 2.95 bits per heavy atom. The minimum atomic E-state index is 0.00436. The van der Waals surface area contributed by atoms with Gasteiger partial charge in [-0.3, -0.25) is 4.79 Å². The molecule has 1 aliphatic rings. The van der Waals surface area contributed by atoms with Gasteiger partial charge in [-0.2, -0.15) is 0 Å². The van der Waals surface area contributed by atoms with Crippen LogP contribution >= 0.6 is 0 Å². The van der Waals surface area contributed by atoms with Crippen LogP contribution in [0.4, 0.5) is 5.69 Å². The van der Waals surface area contributed by atoms with Crippen molar-refractivity contribution < 1.29 is 4.79 Å². The molecule has 0 radical (unpaired) electrons. The van der Waals surface area contributed by atoms with E-state index in [9.17, 15) is 4.79 Å². The lowest BCUT2D eigenvalue weighted by Gasteiger charge is -2.25. The van der Waals surface area contributed by atoms with Gasteiger partial charge in [0.1, 0.15) is 0 Å². The maximum atomic E-state index is 12.3. The van der Waals surface area contributed by atoms with Crippen molar-refractivity contribution in [1.29, 1.82) is 0 Å². The second-order valence-corrected chi connectivity index (χ2v) is 5.65. The van der Waals surface area contributed by atoms with E-state index in [0.29, 0.717) is 13.1 Å². The van der Waals surface area contributed by atoms with Gasteiger partial charge in [-0.25, -0.2) is 0 Å². The number of amides is 1. The van der Waals surface area contributed by atoms with Gasteiger partial charge in [-0.1, -0.05) is 48.0 Å². The molecule has 108 valence electrons. The first-order valence-electron chi connectivity index (χ1n) is 7.37. The molecule has 0 saturated heterocycles. The first kappa shape index (κ1) is 13.7. The van der Waals surface area contributed by atoms with Crippen molar-refractivity contribution in [2.45, 2.75) is 19.9 Å². The molecule has 3 rings (SSSR count). The molecule has 0 aliphatic carbocycles. The number of carbonyl (C=O) groups excluding carboxylic acids is 1. The van der Waals surface area contributed by atoms with Crippen molar-refractivity contribution in [3.05, 3.63) is 65.2 Å². The Bertz CT molecular complexity index is 651. The van der Waals surface area contributed by atoms with Gasteiger partial charge in [-0.15, -0.1) is 0 Å². The van der Waals surface area contributed by atoms with Gasteiger partial charge >= 0.3 is 0 Å². The molecular weight excluding hydrogens is 260 g/mol. The van der Waals surface area contributed by atoms with Crippen molar-refractivity contribution in [1.82, 2.24) is 5.32 Å². The highest BCUT2D eigenvalue weighted by molar-refractivity contribution is 5.80. The summed E-state index contributed by atoms with van der Waals surface area (Å²) in [6.07, 6.45) is 0.808. The normalized spacial score (nSPS) is 16.7. The minimum absolute atomic E-state index is 0.00436. The number of benzene rings is 2. The average molecular weight is 280 g/mol. The third-order valence-electron chi connectivity index (χ3n) is 3.94. The van der Waals surface area contributed by atoms with Gasteiger partial charge in [-0.05, 0) is 30.5 Å². The number of hydrogen-bond acceptors (Lipinski definition) is 2. The van der Waals surface area contributed by atoms with Crippen molar-refractivity contribution in [3.8, 4) is 0 Å². The molecule has 1 amide bonds. The quantitative estimate of drug-likeness (QED) is 0.907. The Labute approximate surface area is 125 Å². The predicted molar refractivity (Wildman–Crippen MR) is 85.2 cm³/mol. The number of anilines is 1. The number of carbonyl (C=O) groups is 1. The fraction of sp³-hybridized carbons (Fsp3) is 0.278. The number of fused-ring (bicyclic) bond motifs is 1. The predicted octanol–water partition coefficient (Wildman–Crippen LogP) is 2.90. The van der Waals surface area contributed by atoms with Crippen molar-refractivity contribution in [3.63, 3.8) is 0 Å². The third-order valence-corrected chi connectivity index (χ3v) is 3.94. The number of rotatable bonds is 3. The van der Waals surface area contributed by atoms with Crippen LogP contribution in [-0.4, -0.2) is 12.5 Å². The third kappa shape index (κ3) is 3.24. The van der Waals surface area contributed by atoms with E-state index >= 15 is 0 Å². The summed E-state index contributed by atoms with van der Waals surface area (Å²) in [6.45, 7) is 3.36. The van der Waals surface area contributed by atoms with Crippen LogP contribution in [0.5, 0.6) is 0 Å². The second-order valence-electron chi connectivity index (χ2n) is 5.65. The zero-order valence-corrected chi connectivity index (χ0v) is 12.2. The molecule has 2 aromatic carbocycles. The van der Waals surface area contributed by atoms with Gasteiger partial charge in [0.05, 0.1) is 5.92 Å². The standard InChI is InChI=1S/C18H20N2O/c1-13-5-4-6-14(9-13)11-20-18(21)16-10-15-7-2-3-8-17(15)19-12-16/h2-9,16,19H,10-12H2,1H3,(H,20,21).